The molecule has 8 rings (SSSR count). The average Bonchev–Trinajstić information content (AvgIpc) is 3.73. The Hall–Kier alpha value is -2.82. The van der Waals surface area contributed by atoms with E-state index in [-0.39, 0.29) is 11.4 Å². The van der Waals surface area contributed by atoms with Crippen LogP contribution in [0, 0.1) is 35.5 Å². The zero-order chi connectivity index (χ0) is 29.9. The smallest absolute Gasteiger partial charge is 0.356 e. The molecule has 8 aliphatic rings. The Morgan fingerprint density at radius 1 is 0.738 bits per heavy atom. The van der Waals surface area contributed by atoms with Crippen molar-refractivity contribution in [2.75, 3.05) is 28.4 Å². The number of esters is 4. The Labute approximate surface area is 254 Å². The minimum absolute atomic E-state index is 0.117. The summed E-state index contributed by atoms with van der Waals surface area (Å²) in [6, 6.07) is 0. The molecule has 2 spiro atoms. The third-order valence-electron chi connectivity index (χ3n) is 9.72. The minimum atomic E-state index is -1.41. The molecule has 0 aromatic carbocycles. The van der Waals surface area contributed by atoms with Crippen molar-refractivity contribution in [2.24, 2.45) is 45.8 Å². The number of allylic oxidation sites excluding steroid dienone is 1. The largest absolute Gasteiger partial charge is 0.467 e. The van der Waals surface area contributed by atoms with Crippen LogP contribution in [0.4, 0.5) is 0 Å². The molecule has 16 heteroatoms. The molecule has 4 heterocycles. The third-order valence-corrected chi connectivity index (χ3v) is 11.3. The molecule has 42 heavy (non-hydrogen) atoms. The highest BCUT2D eigenvalue weighted by molar-refractivity contribution is 9.12. The summed E-state index contributed by atoms with van der Waals surface area (Å²) in [4.78, 5) is 64.4. The van der Waals surface area contributed by atoms with Gasteiger partial charge < -0.3 is 38.1 Å². The summed E-state index contributed by atoms with van der Waals surface area (Å²) in [6.07, 6.45) is -0.421. The van der Waals surface area contributed by atoms with Gasteiger partial charge in [-0.25, -0.2) is 19.2 Å². The first-order valence-electron chi connectivity index (χ1n) is 13.0. The summed E-state index contributed by atoms with van der Waals surface area (Å²) in [7, 11) is 4.85. The van der Waals surface area contributed by atoms with E-state index >= 15 is 0 Å². The fourth-order valence-corrected chi connectivity index (χ4v) is 9.95. The minimum Gasteiger partial charge on any atom is -0.467 e. The van der Waals surface area contributed by atoms with Crippen LogP contribution in [0.15, 0.2) is 31.4 Å². The van der Waals surface area contributed by atoms with Crippen molar-refractivity contribution in [3.8, 4) is 0 Å². The lowest BCUT2D eigenvalue weighted by atomic mass is 9.45. The number of halogens is 2. The fraction of sp³-hybridized carbons (Fsp3) is 0.615. The molecule has 0 amide bonds. The molecule has 2 saturated heterocycles. The van der Waals surface area contributed by atoms with Crippen molar-refractivity contribution >= 4 is 67.2 Å². The third kappa shape index (κ3) is 3.11. The molecule has 0 aromatic heterocycles. The number of methoxy groups -OCH3 is 4. The molecular formula is C26H24Br2N2O12. The van der Waals surface area contributed by atoms with E-state index in [0.717, 1.165) is 8.96 Å². The van der Waals surface area contributed by atoms with Crippen molar-refractivity contribution in [1.29, 1.82) is 0 Å². The summed E-state index contributed by atoms with van der Waals surface area (Å²) < 4.78 is 34.3. The van der Waals surface area contributed by atoms with Crippen LogP contribution in [-0.2, 0) is 57.3 Å². The van der Waals surface area contributed by atoms with Gasteiger partial charge in [-0.1, -0.05) is 48.2 Å². The molecule has 4 aliphatic heterocycles. The normalized spacial score (nSPS) is 44.8. The van der Waals surface area contributed by atoms with E-state index in [1.54, 1.807) is 6.08 Å². The van der Waals surface area contributed by atoms with Gasteiger partial charge in [0.1, 0.15) is 12.2 Å². The molecule has 0 unspecified atom stereocenters. The molecule has 4 aliphatic carbocycles. The summed E-state index contributed by atoms with van der Waals surface area (Å²) in [5.74, 6) is -7.19. The molecule has 12 atom stereocenters. The van der Waals surface area contributed by atoms with Gasteiger partial charge in [-0.05, 0) is 15.0 Å². The molecule has 1 saturated carbocycles. The lowest BCUT2D eigenvalue weighted by Crippen LogP contribution is -2.72. The highest BCUT2D eigenvalue weighted by Crippen LogP contribution is 2.72. The van der Waals surface area contributed by atoms with Crippen molar-refractivity contribution in [3.05, 3.63) is 21.1 Å². The van der Waals surface area contributed by atoms with E-state index in [1.165, 1.54) is 28.4 Å². The van der Waals surface area contributed by atoms with E-state index < -0.39 is 95.0 Å². The first-order chi connectivity index (χ1) is 20.1. The maximum absolute atomic E-state index is 13.1. The van der Waals surface area contributed by atoms with E-state index in [1.807, 2.05) is 6.08 Å². The molecule has 224 valence electrons. The first-order valence-corrected chi connectivity index (χ1v) is 14.6. The van der Waals surface area contributed by atoms with E-state index in [9.17, 15) is 19.2 Å². The van der Waals surface area contributed by atoms with Crippen LogP contribution in [0.5, 0.6) is 0 Å². The Kier molecular flexibility index (Phi) is 6.22. The van der Waals surface area contributed by atoms with Crippen LogP contribution in [0.25, 0.3) is 0 Å². The fourth-order valence-electron chi connectivity index (χ4n) is 8.33. The Bertz CT molecular complexity index is 1440. The number of hydrogen-bond donors (Lipinski definition) is 0. The van der Waals surface area contributed by atoms with Gasteiger partial charge in [0.15, 0.2) is 34.8 Å². The van der Waals surface area contributed by atoms with Gasteiger partial charge in [0.25, 0.3) is 0 Å². The number of oxime groups is 2. The average molecular weight is 716 g/mol. The number of ether oxygens (including phenoxy) is 6. The predicted octanol–water partition coefficient (Wildman–Crippen LogP) is 0.759. The number of nitrogens with zero attached hydrogens (tertiary/aromatic N) is 2. The van der Waals surface area contributed by atoms with Crippen molar-refractivity contribution in [3.63, 3.8) is 0 Å². The standard InChI is InChI=1S/C26H24Br2N2O12/c1-35-21(31)16-14-19(24(34)38-4)40-20-12-8(27)5-7(25(14,20)41-29-16)13-11(12)9(28)6-10-26(13)15(18(39-10)23(33)37-3)17(30-42-26)22(32)36-2/h5-7,10-15,18-20H,1-4H3/t7-,10-,11+,12+,13-,14+,15+,18+,19+,20-,25+,26+/m1/s1. The van der Waals surface area contributed by atoms with E-state index in [4.69, 9.17) is 38.1 Å². The lowest BCUT2D eigenvalue weighted by Gasteiger charge is -2.61. The van der Waals surface area contributed by atoms with Crippen LogP contribution in [0.1, 0.15) is 0 Å². The second kappa shape index (κ2) is 9.34. The second-order valence-corrected chi connectivity index (χ2v) is 12.8. The molecular weight excluding hydrogens is 692 g/mol. The summed E-state index contributed by atoms with van der Waals surface area (Å²) >= 11 is 7.45. The predicted molar refractivity (Wildman–Crippen MR) is 143 cm³/mol. The van der Waals surface area contributed by atoms with E-state index in [2.05, 4.69) is 42.2 Å². The van der Waals surface area contributed by atoms with Crippen LogP contribution in [-0.4, -0.2) is 99.4 Å². The zero-order valence-electron chi connectivity index (χ0n) is 22.5. The first kappa shape index (κ1) is 28.0. The van der Waals surface area contributed by atoms with Crippen LogP contribution < -0.4 is 0 Å². The summed E-state index contributed by atoms with van der Waals surface area (Å²) in [5, 5.41) is 8.31. The van der Waals surface area contributed by atoms with Crippen LogP contribution >= 0.6 is 31.9 Å². The topological polar surface area (TPSA) is 167 Å². The highest BCUT2D eigenvalue weighted by atomic mass is 79.9. The summed E-state index contributed by atoms with van der Waals surface area (Å²) in [6.45, 7) is 0. The second-order valence-electron chi connectivity index (χ2n) is 11.0. The summed E-state index contributed by atoms with van der Waals surface area (Å²) in [5.41, 5.74) is -3.04. The van der Waals surface area contributed by atoms with Gasteiger partial charge in [-0.2, -0.15) is 0 Å². The maximum Gasteiger partial charge on any atom is 0.356 e. The SMILES string of the molecule is COC(=O)C1=NO[C@]23[C@@H]4C=C(Br)[C@@H]([C@@H]5C(Br)=C[C@H]6O[C@H](C(=O)OC)[C@@H]7C(C(=O)OC)=NO[C@]67[C@@H]54)[C@H]2O[C@H](C(=O)OC)[C@H]13. The molecule has 0 aromatic rings. The Morgan fingerprint density at radius 2 is 1.26 bits per heavy atom. The molecule has 2 bridgehead atoms. The molecule has 3 fully saturated rings. The monoisotopic (exact) mass is 714 g/mol. The van der Waals surface area contributed by atoms with Crippen molar-refractivity contribution in [2.45, 2.75) is 35.6 Å². The van der Waals surface area contributed by atoms with Crippen LogP contribution in [0.2, 0.25) is 0 Å². The maximum atomic E-state index is 13.1. The number of rotatable bonds is 4. The Balaban J connectivity index is 1.43. The zero-order valence-corrected chi connectivity index (χ0v) is 25.6. The number of carbonyl (C=O) groups excluding carboxylic acids is 4. The van der Waals surface area contributed by atoms with Gasteiger partial charge in [-0.15, -0.1) is 0 Å². The van der Waals surface area contributed by atoms with Gasteiger partial charge in [0.2, 0.25) is 0 Å². The van der Waals surface area contributed by atoms with Crippen molar-refractivity contribution in [1.82, 2.24) is 0 Å². The van der Waals surface area contributed by atoms with Gasteiger partial charge in [0.05, 0.1) is 40.3 Å². The van der Waals surface area contributed by atoms with Gasteiger partial charge in [0, 0.05) is 23.7 Å². The quantitative estimate of drug-likeness (QED) is 0.297. The van der Waals surface area contributed by atoms with Gasteiger partial charge in [-0.3, -0.25) is 0 Å². The highest BCUT2D eigenvalue weighted by Gasteiger charge is 2.84. The van der Waals surface area contributed by atoms with Crippen LogP contribution in [0.3, 0.4) is 0 Å². The van der Waals surface area contributed by atoms with Gasteiger partial charge >= 0.3 is 23.9 Å². The van der Waals surface area contributed by atoms with E-state index in [0.29, 0.717) is 0 Å². The number of carbonyl (C=O) groups is 4. The number of hydrogen-bond acceptors (Lipinski definition) is 14. The molecule has 14 nitrogen and oxygen atoms in total. The van der Waals surface area contributed by atoms with Crippen molar-refractivity contribution < 1.29 is 57.3 Å². The lowest BCUT2D eigenvalue weighted by molar-refractivity contribution is -0.231. The molecule has 0 N–H and O–H groups in total. The molecule has 0 radical (unpaired) electrons. The Morgan fingerprint density at radius 3 is 1.83 bits per heavy atom.